The van der Waals surface area contributed by atoms with Gasteiger partial charge in [0.05, 0.1) is 5.69 Å². The van der Waals surface area contributed by atoms with E-state index in [0.29, 0.717) is 0 Å². The summed E-state index contributed by atoms with van der Waals surface area (Å²) in [6.07, 6.45) is 0. The molecule has 1 heterocycles. The molecular formula is C15H9F4NO3S. The molecule has 0 spiro atoms. The van der Waals surface area contributed by atoms with Crippen molar-refractivity contribution in [1.29, 1.82) is 0 Å². The number of phenolic OH excluding ortho intramolecular Hbond substituents is 1. The lowest BCUT2D eigenvalue weighted by Crippen LogP contribution is -2.23. The van der Waals surface area contributed by atoms with Crippen LogP contribution in [0.5, 0.6) is 5.75 Å². The summed E-state index contributed by atoms with van der Waals surface area (Å²) in [5.74, 6) is -1.39. The van der Waals surface area contributed by atoms with Crippen LogP contribution < -0.4 is 0 Å². The van der Waals surface area contributed by atoms with E-state index in [1.54, 1.807) is 0 Å². The number of fused-ring (bicyclic) bond motifs is 1. The Morgan fingerprint density at radius 2 is 1.71 bits per heavy atom. The third-order valence-electron chi connectivity index (χ3n) is 3.46. The van der Waals surface area contributed by atoms with Gasteiger partial charge in [-0.3, -0.25) is 0 Å². The van der Waals surface area contributed by atoms with Crippen molar-refractivity contribution in [3.05, 3.63) is 48.3 Å². The topological polar surface area (TPSA) is 70.2 Å². The molecule has 0 aliphatic rings. The lowest BCUT2D eigenvalue weighted by Gasteiger charge is -2.11. The van der Waals surface area contributed by atoms with Gasteiger partial charge in [0, 0.05) is 16.5 Å². The number of aromatic amines is 1. The van der Waals surface area contributed by atoms with Gasteiger partial charge < -0.3 is 10.1 Å². The molecule has 0 aliphatic heterocycles. The summed E-state index contributed by atoms with van der Waals surface area (Å²) in [6, 6.07) is 8.04. The van der Waals surface area contributed by atoms with Gasteiger partial charge in [-0.2, -0.15) is 13.2 Å². The maximum atomic E-state index is 13.5. The molecule has 0 amide bonds. The minimum absolute atomic E-state index is 0.110. The lowest BCUT2D eigenvalue weighted by molar-refractivity contribution is -0.0435. The molecule has 2 N–H and O–H groups in total. The molecule has 126 valence electrons. The molecule has 0 bridgehead atoms. The number of para-hydroxylation sites is 1. The SMILES string of the molecule is O=S(=O)(c1c(-c2cc(F)ccc2O)[nH]c2ccccc12)C(F)(F)F. The minimum Gasteiger partial charge on any atom is -0.507 e. The number of sulfone groups is 1. The summed E-state index contributed by atoms with van der Waals surface area (Å²) in [6.45, 7) is 0. The maximum absolute atomic E-state index is 13.5. The fourth-order valence-electron chi connectivity index (χ4n) is 2.41. The zero-order valence-electron chi connectivity index (χ0n) is 11.7. The first-order chi connectivity index (χ1) is 11.1. The number of benzene rings is 2. The van der Waals surface area contributed by atoms with Gasteiger partial charge in [-0.25, -0.2) is 12.8 Å². The van der Waals surface area contributed by atoms with Gasteiger partial charge in [0.15, 0.2) is 0 Å². The molecule has 0 radical (unpaired) electrons. The number of phenols is 1. The fourth-order valence-corrected chi connectivity index (χ4v) is 3.54. The molecule has 1 aromatic heterocycles. The number of hydrogen-bond donors (Lipinski definition) is 2. The number of halogens is 4. The molecule has 4 nitrogen and oxygen atoms in total. The molecule has 0 saturated heterocycles. The quantitative estimate of drug-likeness (QED) is 0.680. The van der Waals surface area contributed by atoms with Crippen LogP contribution in [0.1, 0.15) is 0 Å². The second-order valence-electron chi connectivity index (χ2n) is 4.99. The molecule has 0 aliphatic carbocycles. The van der Waals surface area contributed by atoms with Crippen LogP contribution in [0.3, 0.4) is 0 Å². The van der Waals surface area contributed by atoms with Crippen molar-refractivity contribution >= 4 is 20.7 Å². The summed E-state index contributed by atoms with van der Waals surface area (Å²) in [7, 11) is -5.73. The zero-order valence-corrected chi connectivity index (χ0v) is 12.5. The summed E-state index contributed by atoms with van der Waals surface area (Å²) >= 11 is 0. The Hall–Kier alpha value is -2.55. The minimum atomic E-state index is -5.73. The Labute approximate surface area is 133 Å². The second kappa shape index (κ2) is 5.23. The number of hydrogen-bond acceptors (Lipinski definition) is 3. The Morgan fingerprint density at radius 3 is 2.38 bits per heavy atom. The van der Waals surface area contributed by atoms with Crippen LogP contribution in [0.15, 0.2) is 47.4 Å². The Morgan fingerprint density at radius 1 is 1.04 bits per heavy atom. The first-order valence-electron chi connectivity index (χ1n) is 6.54. The van der Waals surface area contributed by atoms with Crippen LogP contribution in [0.2, 0.25) is 0 Å². The predicted octanol–water partition coefficient (Wildman–Crippen LogP) is 3.97. The summed E-state index contributed by atoms with van der Waals surface area (Å²) in [5.41, 5.74) is -6.34. The van der Waals surface area contributed by atoms with Crippen molar-refractivity contribution < 1.29 is 31.1 Å². The third-order valence-corrected chi connectivity index (χ3v) is 5.03. The van der Waals surface area contributed by atoms with Gasteiger partial charge in [0.25, 0.3) is 9.84 Å². The molecule has 3 rings (SSSR count). The van der Waals surface area contributed by atoms with E-state index in [4.69, 9.17) is 0 Å². The fraction of sp³-hybridized carbons (Fsp3) is 0.0667. The molecule has 2 aromatic carbocycles. The van der Waals surface area contributed by atoms with Crippen molar-refractivity contribution in [2.24, 2.45) is 0 Å². The first-order valence-corrected chi connectivity index (χ1v) is 8.02. The average Bonchev–Trinajstić information content (AvgIpc) is 2.88. The van der Waals surface area contributed by atoms with E-state index >= 15 is 0 Å². The molecule has 3 aromatic rings. The number of aromatic hydroxyl groups is 1. The van der Waals surface area contributed by atoms with Crippen molar-refractivity contribution in [2.45, 2.75) is 10.4 Å². The highest BCUT2D eigenvalue weighted by Gasteiger charge is 2.49. The highest BCUT2D eigenvalue weighted by molar-refractivity contribution is 7.92. The van der Waals surface area contributed by atoms with Crippen LogP contribution in [0.25, 0.3) is 22.2 Å². The van der Waals surface area contributed by atoms with Gasteiger partial charge in [0.2, 0.25) is 0 Å². The summed E-state index contributed by atoms with van der Waals surface area (Å²) < 4.78 is 76.6. The summed E-state index contributed by atoms with van der Waals surface area (Å²) in [5, 5.41) is 9.64. The van der Waals surface area contributed by atoms with E-state index in [9.17, 15) is 31.1 Å². The molecule has 24 heavy (non-hydrogen) atoms. The second-order valence-corrected chi connectivity index (χ2v) is 6.86. The lowest BCUT2D eigenvalue weighted by atomic mass is 10.1. The first kappa shape index (κ1) is 16.3. The number of rotatable bonds is 2. The van der Waals surface area contributed by atoms with Gasteiger partial charge in [-0.1, -0.05) is 18.2 Å². The summed E-state index contributed by atoms with van der Waals surface area (Å²) in [4.78, 5) is 1.47. The van der Waals surface area contributed by atoms with Gasteiger partial charge in [-0.15, -0.1) is 0 Å². The van der Waals surface area contributed by atoms with Crippen molar-refractivity contribution in [1.82, 2.24) is 4.98 Å². The Balaban J connectivity index is 2.46. The van der Waals surface area contributed by atoms with Crippen LogP contribution in [0.4, 0.5) is 17.6 Å². The zero-order chi connectivity index (χ0) is 17.7. The Bertz CT molecular complexity index is 1040. The molecule has 0 saturated carbocycles. The molecule has 0 fully saturated rings. The molecular weight excluding hydrogens is 350 g/mol. The Kier molecular flexibility index (Phi) is 3.56. The maximum Gasteiger partial charge on any atom is 0.502 e. The standard InChI is InChI=1S/C15H9F4NO3S/c16-8-5-6-12(21)10(7-8)13-14(24(22,23)15(17,18)19)9-3-1-2-4-11(9)20-13/h1-7,20-21H. The highest BCUT2D eigenvalue weighted by Crippen LogP contribution is 2.42. The largest absolute Gasteiger partial charge is 0.507 e. The van der Waals surface area contributed by atoms with Gasteiger partial charge in [-0.05, 0) is 24.3 Å². The molecule has 9 heteroatoms. The monoisotopic (exact) mass is 359 g/mol. The van der Waals surface area contributed by atoms with Crippen molar-refractivity contribution in [3.8, 4) is 17.0 Å². The molecule has 0 unspecified atom stereocenters. The number of nitrogens with one attached hydrogen (secondary N) is 1. The molecule has 0 atom stereocenters. The van der Waals surface area contributed by atoms with Gasteiger partial charge in [0.1, 0.15) is 16.5 Å². The van der Waals surface area contributed by atoms with Crippen LogP contribution in [-0.2, 0) is 9.84 Å². The van der Waals surface area contributed by atoms with E-state index in [1.165, 1.54) is 24.3 Å². The van der Waals surface area contributed by atoms with Crippen LogP contribution >= 0.6 is 0 Å². The van der Waals surface area contributed by atoms with Crippen LogP contribution in [0, 0.1) is 5.82 Å². The van der Waals surface area contributed by atoms with E-state index < -0.39 is 37.5 Å². The normalized spacial score (nSPS) is 12.7. The number of aromatic nitrogens is 1. The van der Waals surface area contributed by atoms with Crippen LogP contribution in [-0.4, -0.2) is 24.0 Å². The highest BCUT2D eigenvalue weighted by atomic mass is 32.2. The number of alkyl halides is 3. The average molecular weight is 359 g/mol. The third kappa shape index (κ3) is 2.41. The predicted molar refractivity (Wildman–Crippen MR) is 78.6 cm³/mol. The number of H-pyrrole nitrogens is 1. The van der Waals surface area contributed by atoms with Crippen molar-refractivity contribution in [2.75, 3.05) is 0 Å². The van der Waals surface area contributed by atoms with Crippen molar-refractivity contribution in [3.63, 3.8) is 0 Å². The van der Waals surface area contributed by atoms with E-state index in [0.717, 1.165) is 18.2 Å². The van der Waals surface area contributed by atoms with E-state index in [1.807, 2.05) is 0 Å². The van der Waals surface area contributed by atoms with E-state index in [-0.39, 0.29) is 16.5 Å². The van der Waals surface area contributed by atoms with E-state index in [2.05, 4.69) is 4.98 Å². The smallest absolute Gasteiger partial charge is 0.502 e. The van der Waals surface area contributed by atoms with Gasteiger partial charge >= 0.3 is 5.51 Å².